The van der Waals surface area contributed by atoms with Gasteiger partial charge in [-0.05, 0) is 13.0 Å². The first-order valence-corrected chi connectivity index (χ1v) is 5.23. The smallest absolute Gasteiger partial charge is 0.372 e. The second kappa shape index (κ2) is 8.60. The van der Waals surface area contributed by atoms with Crippen molar-refractivity contribution in [2.24, 2.45) is 0 Å². The molecule has 0 aliphatic carbocycles. The van der Waals surface area contributed by atoms with E-state index in [1.165, 1.54) is 25.7 Å². The molecule has 0 rings (SSSR count). The van der Waals surface area contributed by atoms with Gasteiger partial charge in [-0.1, -0.05) is 39.0 Å². The lowest BCUT2D eigenvalue weighted by Crippen LogP contribution is -2.07. The van der Waals surface area contributed by atoms with Crippen LogP contribution in [0.4, 0.5) is 0 Å². The molecule has 82 valence electrons. The van der Waals surface area contributed by atoms with E-state index in [4.69, 9.17) is 9.84 Å². The molecule has 0 radical (unpaired) electrons. The third kappa shape index (κ3) is 7.65. The highest BCUT2D eigenvalue weighted by atomic mass is 16.5. The summed E-state index contributed by atoms with van der Waals surface area (Å²) in [5, 5.41) is 8.62. The molecule has 0 saturated carbocycles. The molecule has 0 unspecified atom stereocenters. The van der Waals surface area contributed by atoms with Crippen LogP contribution in [0.5, 0.6) is 0 Å². The van der Waals surface area contributed by atoms with Crippen molar-refractivity contribution in [2.75, 3.05) is 6.61 Å². The summed E-state index contributed by atoms with van der Waals surface area (Å²) in [6.45, 7) is 5.63. The molecule has 0 saturated heterocycles. The predicted molar refractivity (Wildman–Crippen MR) is 56.1 cm³/mol. The Bertz CT molecular complexity index is 175. The summed E-state index contributed by atoms with van der Waals surface area (Å²) in [5.74, 6) is -1.23. The van der Waals surface area contributed by atoms with Crippen molar-refractivity contribution in [1.29, 1.82) is 0 Å². The Kier molecular flexibility index (Phi) is 7.99. The van der Waals surface area contributed by atoms with Gasteiger partial charge in [0.15, 0.2) is 5.76 Å². The van der Waals surface area contributed by atoms with E-state index in [9.17, 15) is 4.79 Å². The van der Waals surface area contributed by atoms with Crippen molar-refractivity contribution in [3.05, 3.63) is 12.3 Å². The zero-order chi connectivity index (χ0) is 10.8. The molecule has 0 bridgehead atoms. The molecule has 3 heteroatoms. The molecule has 1 N–H and O–H groups in total. The van der Waals surface area contributed by atoms with Gasteiger partial charge in [-0.2, -0.15) is 0 Å². The Morgan fingerprint density at radius 1 is 1.21 bits per heavy atom. The van der Waals surface area contributed by atoms with Crippen LogP contribution in [0.15, 0.2) is 12.3 Å². The highest BCUT2D eigenvalue weighted by molar-refractivity contribution is 5.84. The van der Waals surface area contributed by atoms with Crippen molar-refractivity contribution in [1.82, 2.24) is 0 Å². The third-order valence-corrected chi connectivity index (χ3v) is 1.97. The Balaban J connectivity index is 3.13. The van der Waals surface area contributed by atoms with Crippen LogP contribution in [0.25, 0.3) is 0 Å². The molecule has 14 heavy (non-hydrogen) atoms. The molecule has 0 aliphatic heterocycles. The molecule has 0 atom stereocenters. The number of hydrogen-bond acceptors (Lipinski definition) is 3. The van der Waals surface area contributed by atoms with E-state index >= 15 is 0 Å². The molecule has 0 heterocycles. The Hall–Kier alpha value is -0.990. The van der Waals surface area contributed by atoms with Gasteiger partial charge in [-0.15, -0.1) is 0 Å². The monoisotopic (exact) mass is 200 g/mol. The van der Waals surface area contributed by atoms with Crippen LogP contribution in [0.2, 0.25) is 0 Å². The zero-order valence-corrected chi connectivity index (χ0v) is 8.92. The van der Waals surface area contributed by atoms with Gasteiger partial charge in [-0.25, -0.2) is 4.79 Å². The largest absolute Gasteiger partial charge is 0.502 e. The molecule has 0 aliphatic rings. The summed E-state index contributed by atoms with van der Waals surface area (Å²) < 4.78 is 4.72. The summed E-state index contributed by atoms with van der Waals surface area (Å²) in [5.41, 5.74) is 0. The normalized spacial score (nSPS) is 9.79. The van der Waals surface area contributed by atoms with Crippen LogP contribution >= 0.6 is 0 Å². The van der Waals surface area contributed by atoms with Gasteiger partial charge in [0.05, 0.1) is 6.61 Å². The van der Waals surface area contributed by atoms with Crippen LogP contribution in [0.1, 0.15) is 45.4 Å². The molecule has 0 amide bonds. The maximum Gasteiger partial charge on any atom is 0.372 e. The van der Waals surface area contributed by atoms with Gasteiger partial charge in [0.1, 0.15) is 0 Å². The van der Waals surface area contributed by atoms with Gasteiger partial charge in [0, 0.05) is 0 Å². The minimum atomic E-state index is -0.710. The lowest BCUT2D eigenvalue weighted by Gasteiger charge is -2.03. The van der Waals surface area contributed by atoms with E-state index in [1.54, 1.807) is 0 Å². The summed E-state index contributed by atoms with van der Waals surface area (Å²) >= 11 is 0. The van der Waals surface area contributed by atoms with Crippen molar-refractivity contribution >= 4 is 5.97 Å². The average molecular weight is 200 g/mol. The molecule has 0 spiro atoms. The van der Waals surface area contributed by atoms with Crippen molar-refractivity contribution in [3.63, 3.8) is 0 Å². The maximum absolute atomic E-state index is 10.7. The molecular weight excluding hydrogens is 180 g/mol. The highest BCUT2D eigenvalue weighted by Crippen LogP contribution is 2.05. The zero-order valence-electron chi connectivity index (χ0n) is 8.92. The van der Waals surface area contributed by atoms with Gasteiger partial charge in [-0.3, -0.25) is 0 Å². The van der Waals surface area contributed by atoms with Gasteiger partial charge in [0.25, 0.3) is 0 Å². The van der Waals surface area contributed by atoms with Crippen molar-refractivity contribution < 1.29 is 14.6 Å². The minimum Gasteiger partial charge on any atom is -0.502 e. The summed E-state index contributed by atoms with van der Waals surface area (Å²) in [6.07, 6.45) is 6.88. The average Bonchev–Trinajstić information content (AvgIpc) is 2.16. The van der Waals surface area contributed by atoms with Crippen LogP contribution in [0, 0.1) is 0 Å². The Morgan fingerprint density at radius 2 is 1.79 bits per heavy atom. The first kappa shape index (κ1) is 13.0. The SMILES string of the molecule is C=C(O)C(=O)OCCCCCCCC. The molecule has 3 nitrogen and oxygen atoms in total. The molecule has 0 fully saturated rings. The van der Waals surface area contributed by atoms with E-state index in [0.717, 1.165) is 12.8 Å². The fraction of sp³-hybridized carbons (Fsp3) is 0.727. The highest BCUT2D eigenvalue weighted by Gasteiger charge is 2.04. The van der Waals surface area contributed by atoms with Gasteiger partial charge in [0.2, 0.25) is 0 Å². The van der Waals surface area contributed by atoms with E-state index in [-0.39, 0.29) is 0 Å². The van der Waals surface area contributed by atoms with Crippen molar-refractivity contribution in [3.8, 4) is 0 Å². The fourth-order valence-corrected chi connectivity index (χ4v) is 1.13. The van der Waals surface area contributed by atoms with E-state index in [2.05, 4.69) is 13.5 Å². The second-order valence-electron chi connectivity index (χ2n) is 3.35. The van der Waals surface area contributed by atoms with Gasteiger partial charge < -0.3 is 9.84 Å². The van der Waals surface area contributed by atoms with Crippen LogP contribution in [-0.2, 0) is 9.53 Å². The molecule has 0 aromatic carbocycles. The van der Waals surface area contributed by atoms with Crippen LogP contribution in [-0.4, -0.2) is 17.7 Å². The number of carbonyl (C=O) groups is 1. The predicted octanol–water partition coefficient (Wildman–Crippen LogP) is 2.96. The van der Waals surface area contributed by atoms with E-state index in [1.807, 2.05) is 0 Å². The summed E-state index contributed by atoms with van der Waals surface area (Å²) in [6, 6.07) is 0. The standard InChI is InChI=1S/C11H20O3/c1-3-4-5-6-7-8-9-14-11(13)10(2)12/h12H,2-9H2,1H3. The number of aliphatic hydroxyl groups excluding tert-OH is 1. The number of esters is 1. The number of hydrogen-bond donors (Lipinski definition) is 1. The lowest BCUT2D eigenvalue weighted by molar-refractivity contribution is -0.142. The molecular formula is C11H20O3. The topological polar surface area (TPSA) is 46.5 Å². The van der Waals surface area contributed by atoms with Gasteiger partial charge >= 0.3 is 5.97 Å². The minimum absolute atomic E-state index is 0.380. The molecule has 0 aromatic rings. The maximum atomic E-state index is 10.7. The summed E-state index contributed by atoms with van der Waals surface area (Å²) in [4.78, 5) is 10.7. The first-order chi connectivity index (χ1) is 6.68. The number of ether oxygens (including phenoxy) is 1. The van der Waals surface area contributed by atoms with Crippen molar-refractivity contribution in [2.45, 2.75) is 45.4 Å². The van der Waals surface area contributed by atoms with E-state index < -0.39 is 11.7 Å². The van der Waals surface area contributed by atoms with Crippen LogP contribution in [0.3, 0.4) is 0 Å². The Morgan fingerprint density at radius 3 is 2.36 bits per heavy atom. The number of unbranched alkanes of at least 4 members (excludes halogenated alkanes) is 5. The number of aliphatic hydroxyl groups is 1. The van der Waals surface area contributed by atoms with Crippen LogP contribution < -0.4 is 0 Å². The number of carbonyl (C=O) groups excluding carboxylic acids is 1. The first-order valence-electron chi connectivity index (χ1n) is 5.23. The van der Waals surface area contributed by atoms with E-state index in [0.29, 0.717) is 6.61 Å². The second-order valence-corrected chi connectivity index (χ2v) is 3.35. The Labute approximate surface area is 85.8 Å². The summed E-state index contributed by atoms with van der Waals surface area (Å²) in [7, 11) is 0. The quantitative estimate of drug-likeness (QED) is 0.283. The third-order valence-electron chi connectivity index (χ3n) is 1.97. The number of rotatable bonds is 8. The molecule has 0 aromatic heterocycles. The fourth-order valence-electron chi connectivity index (χ4n) is 1.13. The lowest BCUT2D eigenvalue weighted by atomic mass is 10.1.